The van der Waals surface area contributed by atoms with Crippen LogP contribution >= 0.6 is 0 Å². The van der Waals surface area contributed by atoms with E-state index in [1.807, 2.05) is 0 Å². The second-order valence-corrected chi connectivity index (χ2v) is 4.93. The Bertz CT molecular complexity index is 414. The van der Waals surface area contributed by atoms with Gasteiger partial charge in [0, 0.05) is 18.6 Å². The Hall–Kier alpha value is -1.37. The van der Waals surface area contributed by atoms with Crippen molar-refractivity contribution >= 4 is 5.82 Å². The zero-order valence-electron chi connectivity index (χ0n) is 10.9. The van der Waals surface area contributed by atoms with Gasteiger partial charge in [0.15, 0.2) is 5.69 Å². The van der Waals surface area contributed by atoms with Crippen LogP contribution in [-0.4, -0.2) is 40.8 Å². The van der Waals surface area contributed by atoms with Crippen LogP contribution in [-0.2, 0) is 6.18 Å². The van der Waals surface area contributed by atoms with Crippen molar-refractivity contribution in [3.8, 4) is 0 Å². The maximum atomic E-state index is 12.3. The molecule has 1 unspecified atom stereocenters. The van der Waals surface area contributed by atoms with Gasteiger partial charge in [0.2, 0.25) is 0 Å². The summed E-state index contributed by atoms with van der Waals surface area (Å²) in [4.78, 5) is 2.27. The van der Waals surface area contributed by atoms with E-state index in [0.717, 1.165) is 6.07 Å². The molecule has 1 aromatic rings. The van der Waals surface area contributed by atoms with Crippen molar-refractivity contribution in [2.75, 3.05) is 18.9 Å². The molecule has 1 aromatic heterocycles. The summed E-state index contributed by atoms with van der Waals surface area (Å²) in [6, 6.07) is 3.19. The molecule has 0 aliphatic heterocycles. The number of hydrogen-bond acceptors (Lipinski definition) is 4. The molecule has 7 heteroatoms. The Morgan fingerprint density at radius 1 is 1.37 bits per heavy atom. The number of aromatic nitrogens is 2. The lowest BCUT2D eigenvalue weighted by atomic mass is 10.3. The number of nitrogens with one attached hydrogen (secondary N) is 1. The van der Waals surface area contributed by atoms with Crippen molar-refractivity contribution < 1.29 is 13.2 Å². The molecular weight excluding hydrogens is 257 g/mol. The average Bonchev–Trinajstić information content (AvgIpc) is 3.18. The number of hydrogen-bond donors (Lipinski definition) is 1. The number of alkyl halides is 3. The second kappa shape index (κ2) is 5.32. The van der Waals surface area contributed by atoms with Crippen LogP contribution in [0.5, 0.6) is 0 Å². The largest absolute Gasteiger partial charge is 0.435 e. The maximum Gasteiger partial charge on any atom is 0.435 e. The number of anilines is 1. The molecule has 1 aliphatic rings. The molecule has 1 aliphatic carbocycles. The normalized spacial score (nSPS) is 17.6. The quantitative estimate of drug-likeness (QED) is 0.895. The van der Waals surface area contributed by atoms with Gasteiger partial charge in [0.1, 0.15) is 5.82 Å². The Kier molecular flexibility index (Phi) is 3.93. The van der Waals surface area contributed by atoms with Crippen molar-refractivity contribution in [2.24, 2.45) is 0 Å². The highest BCUT2D eigenvalue weighted by atomic mass is 19.4. The van der Waals surface area contributed by atoms with Gasteiger partial charge in [-0.3, -0.25) is 4.90 Å². The second-order valence-electron chi connectivity index (χ2n) is 4.93. The Morgan fingerprint density at radius 2 is 2.05 bits per heavy atom. The van der Waals surface area contributed by atoms with E-state index in [-0.39, 0.29) is 0 Å². The summed E-state index contributed by atoms with van der Waals surface area (Å²) in [5, 5.41) is 9.71. The fraction of sp³-hybridized carbons (Fsp3) is 0.667. The minimum atomic E-state index is -4.44. The third kappa shape index (κ3) is 3.79. The summed E-state index contributed by atoms with van der Waals surface area (Å²) in [5.41, 5.74) is -0.971. The number of likely N-dealkylation sites (N-methyl/N-ethyl adjacent to an activating group) is 1. The van der Waals surface area contributed by atoms with Crippen LogP contribution in [0.4, 0.5) is 19.0 Å². The van der Waals surface area contributed by atoms with Crippen LogP contribution in [0.3, 0.4) is 0 Å². The molecule has 0 aromatic carbocycles. The predicted octanol–water partition coefficient (Wildman–Crippen LogP) is 2.39. The third-order valence-electron chi connectivity index (χ3n) is 3.35. The van der Waals surface area contributed by atoms with Gasteiger partial charge in [0.25, 0.3) is 0 Å². The number of nitrogens with zero attached hydrogens (tertiary/aromatic N) is 3. The highest BCUT2D eigenvalue weighted by Gasteiger charge is 2.33. The van der Waals surface area contributed by atoms with E-state index in [9.17, 15) is 13.2 Å². The Morgan fingerprint density at radius 3 is 2.53 bits per heavy atom. The molecular formula is C12H17F3N4. The molecule has 1 heterocycles. The first-order chi connectivity index (χ1) is 8.88. The number of rotatable bonds is 5. The van der Waals surface area contributed by atoms with E-state index in [1.165, 1.54) is 18.9 Å². The van der Waals surface area contributed by atoms with Crippen LogP contribution < -0.4 is 5.32 Å². The van der Waals surface area contributed by atoms with Crippen LogP contribution in [0.15, 0.2) is 12.1 Å². The van der Waals surface area contributed by atoms with E-state index in [0.29, 0.717) is 24.4 Å². The van der Waals surface area contributed by atoms with Gasteiger partial charge < -0.3 is 5.32 Å². The van der Waals surface area contributed by atoms with Crippen LogP contribution in [0.25, 0.3) is 0 Å². The summed E-state index contributed by atoms with van der Waals surface area (Å²) < 4.78 is 36.9. The van der Waals surface area contributed by atoms with Gasteiger partial charge in [-0.1, -0.05) is 0 Å². The molecule has 106 valence electrons. The average molecular weight is 274 g/mol. The molecule has 0 bridgehead atoms. The van der Waals surface area contributed by atoms with Crippen LogP contribution in [0, 0.1) is 0 Å². The SMILES string of the molecule is CC(CNc1ccc(C(F)(F)F)nn1)N(C)C1CC1. The highest BCUT2D eigenvalue weighted by molar-refractivity contribution is 5.33. The summed E-state index contributed by atoms with van der Waals surface area (Å²) in [6.07, 6.45) is -1.99. The van der Waals surface area contributed by atoms with E-state index in [4.69, 9.17) is 0 Å². The van der Waals surface area contributed by atoms with Gasteiger partial charge in [0.05, 0.1) is 0 Å². The lowest BCUT2D eigenvalue weighted by Gasteiger charge is -2.24. The first-order valence-electron chi connectivity index (χ1n) is 6.24. The third-order valence-corrected chi connectivity index (χ3v) is 3.35. The molecule has 0 saturated heterocycles. The zero-order valence-corrected chi connectivity index (χ0v) is 10.9. The molecule has 1 fully saturated rings. The molecule has 0 amide bonds. The van der Waals surface area contributed by atoms with Gasteiger partial charge >= 0.3 is 6.18 Å². The van der Waals surface area contributed by atoms with Crippen molar-refractivity contribution in [1.82, 2.24) is 15.1 Å². The van der Waals surface area contributed by atoms with E-state index >= 15 is 0 Å². The van der Waals surface area contributed by atoms with Gasteiger partial charge in [-0.25, -0.2) is 0 Å². The Labute approximate surface area is 110 Å². The standard InChI is InChI=1S/C12H17F3N4/c1-8(19(2)9-3-4-9)7-16-11-6-5-10(17-18-11)12(13,14)15/h5-6,8-9H,3-4,7H2,1-2H3,(H,16,18). The van der Waals surface area contributed by atoms with Crippen molar-refractivity contribution in [3.63, 3.8) is 0 Å². The molecule has 4 nitrogen and oxygen atoms in total. The zero-order chi connectivity index (χ0) is 14.0. The highest BCUT2D eigenvalue weighted by Crippen LogP contribution is 2.28. The molecule has 19 heavy (non-hydrogen) atoms. The topological polar surface area (TPSA) is 41.1 Å². The Balaban J connectivity index is 1.85. The summed E-state index contributed by atoms with van der Waals surface area (Å²) in [6.45, 7) is 2.70. The monoisotopic (exact) mass is 274 g/mol. The van der Waals surface area contributed by atoms with Crippen molar-refractivity contribution in [1.29, 1.82) is 0 Å². The maximum absolute atomic E-state index is 12.3. The molecule has 0 spiro atoms. The first-order valence-corrected chi connectivity index (χ1v) is 6.24. The van der Waals surface area contributed by atoms with Crippen molar-refractivity contribution in [3.05, 3.63) is 17.8 Å². The fourth-order valence-corrected chi connectivity index (χ4v) is 1.82. The summed E-state index contributed by atoms with van der Waals surface area (Å²) in [5.74, 6) is 0.365. The molecule has 0 radical (unpaired) electrons. The summed E-state index contributed by atoms with van der Waals surface area (Å²) in [7, 11) is 2.06. The molecule has 2 rings (SSSR count). The minimum Gasteiger partial charge on any atom is -0.367 e. The van der Waals surface area contributed by atoms with Crippen molar-refractivity contribution in [2.45, 2.75) is 38.0 Å². The summed E-state index contributed by atoms with van der Waals surface area (Å²) >= 11 is 0. The fourth-order valence-electron chi connectivity index (χ4n) is 1.82. The molecule has 1 N–H and O–H groups in total. The molecule has 1 atom stereocenters. The van der Waals surface area contributed by atoms with Crippen LogP contribution in [0.2, 0.25) is 0 Å². The predicted molar refractivity (Wildman–Crippen MR) is 65.8 cm³/mol. The first kappa shape index (κ1) is 14.0. The molecule has 1 saturated carbocycles. The lowest BCUT2D eigenvalue weighted by molar-refractivity contribution is -0.141. The minimum absolute atomic E-state index is 0.302. The lowest BCUT2D eigenvalue weighted by Crippen LogP contribution is -2.36. The van der Waals surface area contributed by atoms with Gasteiger partial charge in [-0.15, -0.1) is 10.2 Å². The van der Waals surface area contributed by atoms with Crippen LogP contribution in [0.1, 0.15) is 25.5 Å². The van der Waals surface area contributed by atoms with Gasteiger partial charge in [-0.05, 0) is 38.9 Å². The number of halogens is 3. The smallest absolute Gasteiger partial charge is 0.367 e. The van der Waals surface area contributed by atoms with Gasteiger partial charge in [-0.2, -0.15) is 13.2 Å². The van der Waals surface area contributed by atoms with E-state index in [1.54, 1.807) is 0 Å². The van der Waals surface area contributed by atoms with E-state index in [2.05, 4.69) is 34.4 Å². The van der Waals surface area contributed by atoms with E-state index < -0.39 is 11.9 Å².